The summed E-state index contributed by atoms with van der Waals surface area (Å²) in [5, 5.41) is 3.51. The van der Waals surface area contributed by atoms with Gasteiger partial charge >= 0.3 is 0 Å². The lowest BCUT2D eigenvalue weighted by atomic mass is 10.0. The molecule has 0 aromatic carbocycles. The van der Waals surface area contributed by atoms with Gasteiger partial charge in [0.05, 0.1) is 0 Å². The summed E-state index contributed by atoms with van der Waals surface area (Å²) in [7, 11) is 0. The summed E-state index contributed by atoms with van der Waals surface area (Å²) in [6, 6.07) is 0.586. The van der Waals surface area contributed by atoms with Crippen molar-refractivity contribution in [1.29, 1.82) is 0 Å². The van der Waals surface area contributed by atoms with Gasteiger partial charge in [-0.05, 0) is 26.2 Å². The first-order valence-corrected chi connectivity index (χ1v) is 6.31. The Morgan fingerprint density at radius 1 is 1.31 bits per heavy atom. The van der Waals surface area contributed by atoms with Crippen LogP contribution >= 0.6 is 0 Å². The highest BCUT2D eigenvalue weighted by Crippen LogP contribution is 2.08. The molecule has 0 saturated heterocycles. The SMILES string of the molecule is Cc1ncc(CNC(C)CCCC(C)C)[nH]1. The molecule has 1 aromatic rings. The van der Waals surface area contributed by atoms with Crippen LogP contribution in [0.2, 0.25) is 0 Å². The van der Waals surface area contributed by atoms with E-state index in [2.05, 4.69) is 36.1 Å². The van der Waals surface area contributed by atoms with Gasteiger partial charge in [-0.25, -0.2) is 4.98 Å². The van der Waals surface area contributed by atoms with Crippen LogP contribution in [0.1, 0.15) is 51.6 Å². The highest BCUT2D eigenvalue weighted by molar-refractivity contribution is 4.99. The summed E-state index contributed by atoms with van der Waals surface area (Å²) in [5.41, 5.74) is 1.17. The highest BCUT2D eigenvalue weighted by Gasteiger charge is 2.03. The molecule has 0 saturated carbocycles. The van der Waals surface area contributed by atoms with Crippen molar-refractivity contribution in [2.75, 3.05) is 0 Å². The van der Waals surface area contributed by atoms with Crippen LogP contribution in [0.3, 0.4) is 0 Å². The highest BCUT2D eigenvalue weighted by atomic mass is 15.0. The maximum absolute atomic E-state index is 4.18. The molecule has 0 aliphatic carbocycles. The predicted octanol–water partition coefficient (Wildman–Crippen LogP) is 3.02. The fraction of sp³-hybridized carbons (Fsp3) is 0.769. The van der Waals surface area contributed by atoms with Crippen molar-refractivity contribution in [1.82, 2.24) is 15.3 Å². The lowest BCUT2D eigenvalue weighted by molar-refractivity contribution is 0.455. The molecular weight excluding hydrogens is 198 g/mol. The Morgan fingerprint density at radius 3 is 2.62 bits per heavy atom. The first kappa shape index (κ1) is 13.2. The summed E-state index contributed by atoms with van der Waals surface area (Å²) in [5.74, 6) is 1.81. The van der Waals surface area contributed by atoms with E-state index in [1.165, 1.54) is 25.0 Å². The average Bonchev–Trinajstić information content (AvgIpc) is 2.61. The van der Waals surface area contributed by atoms with Gasteiger partial charge in [-0.2, -0.15) is 0 Å². The smallest absolute Gasteiger partial charge is 0.103 e. The van der Waals surface area contributed by atoms with E-state index in [9.17, 15) is 0 Å². The number of H-pyrrole nitrogens is 1. The Labute approximate surface area is 99.1 Å². The molecule has 1 unspecified atom stereocenters. The Bertz CT molecular complexity index is 291. The van der Waals surface area contributed by atoms with Gasteiger partial charge in [0.2, 0.25) is 0 Å². The van der Waals surface area contributed by atoms with E-state index in [1.807, 2.05) is 13.1 Å². The van der Waals surface area contributed by atoms with Gasteiger partial charge in [0, 0.05) is 24.5 Å². The molecule has 3 nitrogen and oxygen atoms in total. The molecule has 1 heterocycles. The van der Waals surface area contributed by atoms with Gasteiger partial charge in [0.1, 0.15) is 5.82 Å². The minimum atomic E-state index is 0.586. The van der Waals surface area contributed by atoms with Crippen molar-refractivity contribution in [3.63, 3.8) is 0 Å². The monoisotopic (exact) mass is 223 g/mol. The normalized spacial score (nSPS) is 13.3. The third kappa shape index (κ3) is 5.31. The first-order valence-electron chi connectivity index (χ1n) is 6.31. The molecule has 0 spiro atoms. The number of hydrogen-bond donors (Lipinski definition) is 2. The van der Waals surface area contributed by atoms with Crippen LogP contribution in [-0.2, 0) is 6.54 Å². The number of aromatic amines is 1. The Hall–Kier alpha value is -0.830. The molecule has 0 amide bonds. The molecule has 0 aliphatic heterocycles. The second kappa shape index (κ2) is 6.69. The minimum absolute atomic E-state index is 0.586. The van der Waals surface area contributed by atoms with E-state index in [-0.39, 0.29) is 0 Å². The molecule has 1 rings (SSSR count). The zero-order valence-corrected chi connectivity index (χ0v) is 11.0. The number of imidazole rings is 1. The van der Waals surface area contributed by atoms with Crippen LogP contribution in [-0.4, -0.2) is 16.0 Å². The largest absolute Gasteiger partial charge is 0.345 e. The van der Waals surface area contributed by atoms with Crippen molar-refractivity contribution in [2.24, 2.45) is 5.92 Å². The predicted molar refractivity (Wildman–Crippen MR) is 68.3 cm³/mol. The minimum Gasteiger partial charge on any atom is -0.345 e. The lowest BCUT2D eigenvalue weighted by Gasteiger charge is -2.13. The lowest BCUT2D eigenvalue weighted by Crippen LogP contribution is -2.25. The van der Waals surface area contributed by atoms with Crippen molar-refractivity contribution in [2.45, 2.75) is 59.5 Å². The van der Waals surface area contributed by atoms with E-state index >= 15 is 0 Å². The molecule has 0 bridgehead atoms. The number of nitrogens with zero attached hydrogens (tertiary/aromatic N) is 1. The van der Waals surface area contributed by atoms with Crippen LogP contribution in [0.25, 0.3) is 0 Å². The summed E-state index contributed by atoms with van der Waals surface area (Å²) < 4.78 is 0. The van der Waals surface area contributed by atoms with Gasteiger partial charge in [-0.15, -0.1) is 0 Å². The van der Waals surface area contributed by atoms with Gasteiger partial charge < -0.3 is 10.3 Å². The third-order valence-electron chi connectivity index (χ3n) is 2.82. The van der Waals surface area contributed by atoms with Crippen LogP contribution in [0, 0.1) is 12.8 Å². The molecule has 2 N–H and O–H groups in total. The fourth-order valence-corrected chi connectivity index (χ4v) is 1.78. The van der Waals surface area contributed by atoms with Crippen LogP contribution < -0.4 is 5.32 Å². The number of aromatic nitrogens is 2. The maximum atomic E-state index is 4.18. The zero-order valence-electron chi connectivity index (χ0n) is 11.0. The summed E-state index contributed by atoms with van der Waals surface area (Å²) in [6.07, 6.45) is 5.80. The molecule has 0 radical (unpaired) electrons. The van der Waals surface area contributed by atoms with Gasteiger partial charge in [-0.1, -0.05) is 26.7 Å². The van der Waals surface area contributed by atoms with E-state index in [0.29, 0.717) is 6.04 Å². The Balaban J connectivity index is 2.12. The van der Waals surface area contributed by atoms with E-state index in [1.54, 1.807) is 0 Å². The summed E-state index contributed by atoms with van der Waals surface area (Å²) in [4.78, 5) is 7.42. The molecule has 0 aliphatic rings. The summed E-state index contributed by atoms with van der Waals surface area (Å²) in [6.45, 7) is 9.69. The van der Waals surface area contributed by atoms with Gasteiger partial charge in [-0.3, -0.25) is 0 Å². The standard InChI is InChI=1S/C13H25N3/c1-10(2)6-5-7-11(3)14-8-13-9-15-12(4)16-13/h9-11,14H,5-8H2,1-4H3,(H,15,16). The Kier molecular flexibility index (Phi) is 5.53. The molecule has 1 atom stereocenters. The van der Waals surface area contributed by atoms with Gasteiger partial charge in [0.15, 0.2) is 0 Å². The van der Waals surface area contributed by atoms with Crippen LogP contribution in [0.5, 0.6) is 0 Å². The second-order valence-corrected chi connectivity index (χ2v) is 5.10. The van der Waals surface area contributed by atoms with E-state index in [0.717, 1.165) is 18.3 Å². The van der Waals surface area contributed by atoms with E-state index in [4.69, 9.17) is 0 Å². The second-order valence-electron chi connectivity index (χ2n) is 5.10. The number of nitrogens with one attached hydrogen (secondary N) is 2. The number of hydrogen-bond acceptors (Lipinski definition) is 2. The Morgan fingerprint density at radius 2 is 2.06 bits per heavy atom. The average molecular weight is 223 g/mol. The molecule has 3 heteroatoms. The summed E-state index contributed by atoms with van der Waals surface area (Å²) >= 11 is 0. The molecular formula is C13H25N3. The third-order valence-corrected chi connectivity index (χ3v) is 2.82. The molecule has 16 heavy (non-hydrogen) atoms. The quantitative estimate of drug-likeness (QED) is 0.746. The fourth-order valence-electron chi connectivity index (χ4n) is 1.78. The number of aryl methyl sites for hydroxylation is 1. The van der Waals surface area contributed by atoms with Crippen LogP contribution in [0.4, 0.5) is 0 Å². The van der Waals surface area contributed by atoms with Crippen molar-refractivity contribution in [3.8, 4) is 0 Å². The van der Waals surface area contributed by atoms with Crippen molar-refractivity contribution >= 4 is 0 Å². The molecule has 92 valence electrons. The van der Waals surface area contributed by atoms with E-state index < -0.39 is 0 Å². The molecule has 0 fully saturated rings. The molecule has 1 aromatic heterocycles. The van der Waals surface area contributed by atoms with Crippen molar-refractivity contribution in [3.05, 3.63) is 17.7 Å². The van der Waals surface area contributed by atoms with Crippen LogP contribution in [0.15, 0.2) is 6.20 Å². The topological polar surface area (TPSA) is 40.7 Å². The van der Waals surface area contributed by atoms with Gasteiger partial charge in [0.25, 0.3) is 0 Å². The zero-order chi connectivity index (χ0) is 12.0. The first-order chi connectivity index (χ1) is 7.58. The maximum Gasteiger partial charge on any atom is 0.103 e. The number of rotatable bonds is 7. The van der Waals surface area contributed by atoms with Crippen molar-refractivity contribution < 1.29 is 0 Å².